The monoisotopic (exact) mass is 186 g/mol. The zero-order chi connectivity index (χ0) is 9.10. The summed E-state index contributed by atoms with van der Waals surface area (Å²) >= 11 is 0. The van der Waals surface area contributed by atoms with Gasteiger partial charge in [0, 0.05) is 19.7 Å². The quantitative estimate of drug-likeness (QED) is 0.609. The van der Waals surface area contributed by atoms with Crippen molar-refractivity contribution in [3.8, 4) is 0 Å². The van der Waals surface area contributed by atoms with E-state index in [0.717, 1.165) is 26.1 Å². The molecule has 0 bridgehead atoms. The lowest BCUT2D eigenvalue weighted by atomic mass is 10.2. The van der Waals surface area contributed by atoms with Gasteiger partial charge in [0.1, 0.15) is 6.10 Å². The molecule has 0 aliphatic carbocycles. The van der Waals surface area contributed by atoms with Crippen LogP contribution in [0, 0.1) is 0 Å². The Kier molecular flexibility index (Phi) is 2.65. The highest BCUT2D eigenvalue weighted by Crippen LogP contribution is 2.04. The molecule has 2 saturated heterocycles. The summed E-state index contributed by atoms with van der Waals surface area (Å²) in [5.74, 6) is 0. The predicted molar refractivity (Wildman–Crippen MR) is 45.5 cm³/mol. The van der Waals surface area contributed by atoms with Crippen LogP contribution in [0.15, 0.2) is 0 Å². The number of nitrogens with one attached hydrogen (secondary N) is 2. The maximum absolute atomic E-state index is 11.2. The van der Waals surface area contributed by atoms with Crippen LogP contribution in [0.1, 0.15) is 6.42 Å². The van der Waals surface area contributed by atoms with Crippen LogP contribution in [0.25, 0.3) is 0 Å². The zero-order valence-electron chi connectivity index (χ0n) is 7.41. The van der Waals surface area contributed by atoms with Crippen LogP contribution in [0.5, 0.6) is 0 Å². The number of carbonyl (C=O) groups is 1. The minimum Gasteiger partial charge on any atom is -0.444 e. The predicted octanol–water partition coefficient (Wildman–Crippen LogP) is -0.527. The van der Waals surface area contributed by atoms with Gasteiger partial charge < -0.3 is 20.1 Å². The molecule has 13 heavy (non-hydrogen) atoms. The molecule has 0 radical (unpaired) electrons. The maximum Gasteiger partial charge on any atom is 0.407 e. The number of hydrogen-bond acceptors (Lipinski definition) is 4. The Labute approximate surface area is 76.8 Å². The summed E-state index contributed by atoms with van der Waals surface area (Å²) in [6.07, 6.45) is 0.627. The number of amides is 1. The van der Waals surface area contributed by atoms with Gasteiger partial charge in [-0.2, -0.15) is 0 Å². The molecule has 2 fully saturated rings. The molecule has 5 heteroatoms. The highest BCUT2D eigenvalue weighted by molar-refractivity contribution is 5.68. The van der Waals surface area contributed by atoms with Crippen LogP contribution in [0.3, 0.4) is 0 Å². The fourth-order valence-electron chi connectivity index (χ4n) is 1.35. The summed E-state index contributed by atoms with van der Waals surface area (Å²) in [5, 5.41) is 5.79. The van der Waals surface area contributed by atoms with E-state index in [2.05, 4.69) is 10.6 Å². The molecule has 0 aromatic rings. The van der Waals surface area contributed by atoms with E-state index < -0.39 is 0 Å². The van der Waals surface area contributed by atoms with Crippen molar-refractivity contribution in [1.29, 1.82) is 0 Å². The molecule has 0 aromatic carbocycles. The lowest BCUT2D eigenvalue weighted by Gasteiger charge is -2.27. The topological polar surface area (TPSA) is 59.6 Å². The Bertz CT molecular complexity index is 188. The van der Waals surface area contributed by atoms with Crippen molar-refractivity contribution in [3.05, 3.63) is 0 Å². The van der Waals surface area contributed by atoms with Crippen LogP contribution in [0.2, 0.25) is 0 Å². The Hall–Kier alpha value is -0.810. The molecule has 1 atom stereocenters. The van der Waals surface area contributed by atoms with Crippen LogP contribution < -0.4 is 10.6 Å². The second kappa shape index (κ2) is 3.93. The van der Waals surface area contributed by atoms with Crippen molar-refractivity contribution in [2.24, 2.45) is 0 Å². The van der Waals surface area contributed by atoms with E-state index in [1.54, 1.807) is 0 Å². The molecule has 2 aliphatic heterocycles. The summed E-state index contributed by atoms with van der Waals surface area (Å²) in [6, 6.07) is 0.139. The second-order valence-corrected chi connectivity index (χ2v) is 3.39. The fraction of sp³-hybridized carbons (Fsp3) is 0.875. The SMILES string of the molecule is O=C(NC1CCOC1)OC1CNC1. The molecule has 0 spiro atoms. The van der Waals surface area contributed by atoms with Gasteiger partial charge in [-0.1, -0.05) is 0 Å². The van der Waals surface area contributed by atoms with E-state index in [9.17, 15) is 4.79 Å². The van der Waals surface area contributed by atoms with Crippen LogP contribution >= 0.6 is 0 Å². The number of alkyl carbamates (subject to hydrolysis) is 1. The van der Waals surface area contributed by atoms with Crippen molar-refractivity contribution in [2.45, 2.75) is 18.6 Å². The van der Waals surface area contributed by atoms with Gasteiger partial charge in [0.25, 0.3) is 0 Å². The number of ether oxygens (including phenoxy) is 2. The molecule has 74 valence electrons. The Morgan fingerprint density at radius 3 is 2.92 bits per heavy atom. The van der Waals surface area contributed by atoms with E-state index in [1.807, 2.05) is 0 Å². The summed E-state index contributed by atoms with van der Waals surface area (Å²) in [7, 11) is 0. The van der Waals surface area contributed by atoms with E-state index >= 15 is 0 Å². The molecule has 0 saturated carbocycles. The second-order valence-electron chi connectivity index (χ2n) is 3.39. The molecule has 1 unspecified atom stereocenters. The number of rotatable bonds is 2. The fourth-order valence-corrected chi connectivity index (χ4v) is 1.35. The lowest BCUT2D eigenvalue weighted by molar-refractivity contribution is 0.0641. The maximum atomic E-state index is 11.2. The lowest BCUT2D eigenvalue weighted by Crippen LogP contribution is -2.51. The molecule has 2 heterocycles. The van der Waals surface area contributed by atoms with Crippen molar-refractivity contribution in [2.75, 3.05) is 26.3 Å². The van der Waals surface area contributed by atoms with Crippen LogP contribution in [0.4, 0.5) is 4.79 Å². The summed E-state index contributed by atoms with van der Waals surface area (Å²) in [5.41, 5.74) is 0. The smallest absolute Gasteiger partial charge is 0.407 e. The third kappa shape index (κ3) is 2.32. The van der Waals surface area contributed by atoms with Gasteiger partial charge in [-0.15, -0.1) is 0 Å². The Morgan fingerprint density at radius 1 is 1.54 bits per heavy atom. The molecular weight excluding hydrogens is 172 g/mol. The average molecular weight is 186 g/mol. The first kappa shape index (κ1) is 8.77. The highest BCUT2D eigenvalue weighted by atomic mass is 16.6. The molecular formula is C8H14N2O3. The van der Waals surface area contributed by atoms with Crippen molar-refractivity contribution in [1.82, 2.24) is 10.6 Å². The third-order valence-electron chi connectivity index (χ3n) is 2.27. The number of hydrogen-bond donors (Lipinski definition) is 2. The molecule has 2 N–H and O–H groups in total. The van der Waals surface area contributed by atoms with E-state index in [0.29, 0.717) is 6.61 Å². The molecule has 0 aromatic heterocycles. The minimum absolute atomic E-state index is 0.0577. The zero-order valence-corrected chi connectivity index (χ0v) is 7.41. The summed E-state index contributed by atoms with van der Waals surface area (Å²) in [4.78, 5) is 11.2. The average Bonchev–Trinajstić information content (AvgIpc) is 2.49. The normalized spacial score (nSPS) is 28.2. The molecule has 2 rings (SSSR count). The van der Waals surface area contributed by atoms with E-state index in [1.165, 1.54) is 0 Å². The van der Waals surface area contributed by atoms with E-state index in [4.69, 9.17) is 9.47 Å². The molecule has 1 amide bonds. The Balaban J connectivity index is 1.64. The molecule has 2 aliphatic rings. The van der Waals surface area contributed by atoms with Gasteiger partial charge in [-0.25, -0.2) is 4.79 Å². The van der Waals surface area contributed by atoms with Gasteiger partial charge in [-0.3, -0.25) is 0 Å². The van der Waals surface area contributed by atoms with Crippen molar-refractivity contribution < 1.29 is 14.3 Å². The number of carbonyl (C=O) groups excluding carboxylic acids is 1. The summed E-state index contributed by atoms with van der Waals surface area (Å²) < 4.78 is 10.2. The highest BCUT2D eigenvalue weighted by Gasteiger charge is 2.23. The Morgan fingerprint density at radius 2 is 2.38 bits per heavy atom. The van der Waals surface area contributed by atoms with Gasteiger partial charge in [-0.05, 0) is 6.42 Å². The van der Waals surface area contributed by atoms with Gasteiger partial charge in [0.2, 0.25) is 0 Å². The molecule has 5 nitrogen and oxygen atoms in total. The van der Waals surface area contributed by atoms with Gasteiger partial charge >= 0.3 is 6.09 Å². The van der Waals surface area contributed by atoms with Gasteiger partial charge in [0.15, 0.2) is 0 Å². The largest absolute Gasteiger partial charge is 0.444 e. The van der Waals surface area contributed by atoms with Crippen LogP contribution in [-0.4, -0.2) is 44.5 Å². The van der Waals surface area contributed by atoms with E-state index in [-0.39, 0.29) is 18.2 Å². The first-order chi connectivity index (χ1) is 6.34. The third-order valence-corrected chi connectivity index (χ3v) is 2.27. The van der Waals surface area contributed by atoms with Crippen molar-refractivity contribution in [3.63, 3.8) is 0 Å². The van der Waals surface area contributed by atoms with Crippen molar-refractivity contribution >= 4 is 6.09 Å². The summed E-state index contributed by atoms with van der Waals surface area (Å²) in [6.45, 7) is 2.89. The first-order valence-electron chi connectivity index (χ1n) is 4.60. The van der Waals surface area contributed by atoms with Crippen LogP contribution in [-0.2, 0) is 9.47 Å². The standard InChI is InChI=1S/C8H14N2O3/c11-8(13-7-3-9-4-7)10-6-1-2-12-5-6/h6-7,9H,1-5H2,(H,10,11). The van der Waals surface area contributed by atoms with Gasteiger partial charge in [0.05, 0.1) is 12.6 Å². The first-order valence-corrected chi connectivity index (χ1v) is 4.60. The minimum atomic E-state index is -0.318.